The maximum atomic E-state index is 12.2. The topological polar surface area (TPSA) is 91.8 Å². The van der Waals surface area contributed by atoms with Gasteiger partial charge in [-0.25, -0.2) is 9.78 Å². The maximum absolute atomic E-state index is 12.2. The van der Waals surface area contributed by atoms with Crippen LogP contribution in [0.3, 0.4) is 0 Å². The minimum absolute atomic E-state index is 0.0851. The van der Waals surface area contributed by atoms with Crippen molar-refractivity contribution in [2.45, 2.75) is 17.0 Å². The number of carbonyl (C=O) groups is 2. The standard InChI is InChI=1S/C20H21Cl2N3O4S2/c21-16-3-1-13(7-17(16)22)9-25-5-6-29-15(10-25)8-23-18(26)12-31-20-24-14(11-30-20)2-4-19(27)28/h1-4,7,11,15H,5-6,8-10,12H2,(H,23,26)(H,27,28)/t15-/m0/s1. The Morgan fingerprint density at radius 3 is 3.00 bits per heavy atom. The highest BCUT2D eigenvalue weighted by Crippen LogP contribution is 2.24. The highest BCUT2D eigenvalue weighted by molar-refractivity contribution is 8.01. The lowest BCUT2D eigenvalue weighted by Gasteiger charge is -2.33. The number of ether oxygens (including phenoxy) is 1. The lowest BCUT2D eigenvalue weighted by Crippen LogP contribution is -2.47. The van der Waals surface area contributed by atoms with Gasteiger partial charge in [-0.1, -0.05) is 41.0 Å². The second-order valence-corrected chi connectivity index (χ2v) is 9.67. The van der Waals surface area contributed by atoms with Crippen molar-refractivity contribution in [1.29, 1.82) is 0 Å². The number of halogens is 2. The Hall–Kier alpha value is -1.62. The highest BCUT2D eigenvalue weighted by Gasteiger charge is 2.21. The second-order valence-electron chi connectivity index (χ2n) is 6.78. The zero-order chi connectivity index (χ0) is 22.2. The van der Waals surface area contributed by atoms with Gasteiger partial charge in [-0.3, -0.25) is 9.69 Å². The van der Waals surface area contributed by atoms with Gasteiger partial charge in [0.05, 0.1) is 34.2 Å². The van der Waals surface area contributed by atoms with Crippen LogP contribution in [-0.4, -0.2) is 65.0 Å². The number of aliphatic carboxylic acids is 1. The van der Waals surface area contributed by atoms with E-state index in [0.717, 1.165) is 24.7 Å². The van der Waals surface area contributed by atoms with Crippen LogP contribution in [0.2, 0.25) is 10.0 Å². The molecule has 1 saturated heterocycles. The third-order valence-electron chi connectivity index (χ3n) is 4.36. The number of amides is 1. The number of carboxylic acid groups (broad SMARTS) is 1. The number of hydrogen-bond acceptors (Lipinski definition) is 7. The van der Waals surface area contributed by atoms with Crippen molar-refractivity contribution in [3.8, 4) is 0 Å². The SMILES string of the molecule is O=C(O)C=Cc1csc(SCC(=O)NC[C@H]2CN(Cc3ccc(Cl)c(Cl)c3)CCO2)n1. The number of nitrogens with one attached hydrogen (secondary N) is 1. The molecule has 166 valence electrons. The number of rotatable bonds is 9. The zero-order valence-electron chi connectivity index (χ0n) is 16.4. The second kappa shape index (κ2) is 11.8. The van der Waals surface area contributed by atoms with E-state index in [4.69, 9.17) is 33.0 Å². The van der Waals surface area contributed by atoms with E-state index >= 15 is 0 Å². The molecule has 11 heteroatoms. The fraction of sp³-hybridized carbons (Fsp3) is 0.350. The summed E-state index contributed by atoms with van der Waals surface area (Å²) in [7, 11) is 0. The summed E-state index contributed by atoms with van der Waals surface area (Å²) in [5.74, 6) is -0.898. The average Bonchev–Trinajstić information content (AvgIpc) is 3.20. The lowest BCUT2D eigenvalue weighted by molar-refractivity contribution is -0.131. The van der Waals surface area contributed by atoms with E-state index in [-0.39, 0.29) is 17.8 Å². The summed E-state index contributed by atoms with van der Waals surface area (Å²) in [4.78, 5) is 29.2. The monoisotopic (exact) mass is 501 g/mol. The molecule has 1 fully saturated rings. The average molecular weight is 502 g/mol. The molecule has 1 aromatic carbocycles. The van der Waals surface area contributed by atoms with Gasteiger partial charge in [0.25, 0.3) is 0 Å². The van der Waals surface area contributed by atoms with Gasteiger partial charge < -0.3 is 15.2 Å². The first-order valence-electron chi connectivity index (χ1n) is 9.43. The lowest BCUT2D eigenvalue weighted by atomic mass is 10.2. The number of thiazole rings is 1. The van der Waals surface area contributed by atoms with Gasteiger partial charge in [0, 0.05) is 37.6 Å². The minimum atomic E-state index is -1.03. The first-order chi connectivity index (χ1) is 14.9. The number of benzene rings is 1. The van der Waals surface area contributed by atoms with Gasteiger partial charge in [0.2, 0.25) is 5.91 Å². The van der Waals surface area contributed by atoms with Gasteiger partial charge >= 0.3 is 5.97 Å². The van der Waals surface area contributed by atoms with Crippen LogP contribution < -0.4 is 5.32 Å². The summed E-state index contributed by atoms with van der Waals surface area (Å²) >= 11 is 14.8. The number of thioether (sulfide) groups is 1. The van der Waals surface area contributed by atoms with E-state index in [1.165, 1.54) is 29.2 Å². The van der Waals surface area contributed by atoms with Crippen LogP contribution in [-0.2, 0) is 20.9 Å². The Morgan fingerprint density at radius 1 is 1.39 bits per heavy atom. The normalized spacial score (nSPS) is 17.2. The molecule has 1 aliphatic rings. The predicted octanol–water partition coefficient (Wildman–Crippen LogP) is 3.66. The van der Waals surface area contributed by atoms with Gasteiger partial charge in [0.15, 0.2) is 4.34 Å². The molecule has 1 aliphatic heterocycles. The molecule has 31 heavy (non-hydrogen) atoms. The van der Waals surface area contributed by atoms with Crippen molar-refractivity contribution in [3.63, 3.8) is 0 Å². The number of carbonyl (C=O) groups excluding carboxylic acids is 1. The van der Waals surface area contributed by atoms with E-state index in [1.807, 2.05) is 12.1 Å². The van der Waals surface area contributed by atoms with Crippen LogP contribution in [0.15, 0.2) is 34.0 Å². The number of morpholine rings is 1. The molecular formula is C20H21Cl2N3O4S2. The molecule has 2 N–H and O–H groups in total. The number of aromatic nitrogens is 1. The van der Waals surface area contributed by atoms with Gasteiger partial charge in [-0.05, 0) is 23.8 Å². The molecule has 1 amide bonds. The van der Waals surface area contributed by atoms with Crippen molar-refractivity contribution < 1.29 is 19.4 Å². The van der Waals surface area contributed by atoms with Crippen molar-refractivity contribution in [3.05, 3.63) is 51.0 Å². The number of nitrogens with zero attached hydrogens (tertiary/aromatic N) is 2. The Kier molecular flexibility index (Phi) is 9.18. The van der Waals surface area contributed by atoms with Crippen molar-refractivity contribution in [1.82, 2.24) is 15.2 Å². The quantitative estimate of drug-likeness (QED) is 0.400. The predicted molar refractivity (Wildman–Crippen MR) is 124 cm³/mol. The van der Waals surface area contributed by atoms with Crippen LogP contribution in [0.4, 0.5) is 0 Å². The molecule has 0 aliphatic carbocycles. The molecule has 0 saturated carbocycles. The molecule has 3 rings (SSSR count). The third kappa shape index (κ3) is 8.10. The van der Waals surface area contributed by atoms with Gasteiger partial charge in [0.1, 0.15) is 0 Å². The summed E-state index contributed by atoms with van der Waals surface area (Å²) in [5, 5.41) is 14.4. The Morgan fingerprint density at radius 2 is 2.23 bits per heavy atom. The van der Waals surface area contributed by atoms with Gasteiger partial charge in [-0.2, -0.15) is 0 Å². The molecule has 2 aromatic rings. The summed E-state index contributed by atoms with van der Waals surface area (Å²) in [6, 6.07) is 5.62. The van der Waals surface area contributed by atoms with Crippen LogP contribution in [0.5, 0.6) is 0 Å². The van der Waals surface area contributed by atoms with E-state index < -0.39 is 5.97 Å². The van der Waals surface area contributed by atoms with E-state index in [0.29, 0.717) is 39.8 Å². The van der Waals surface area contributed by atoms with E-state index in [1.54, 1.807) is 11.4 Å². The van der Waals surface area contributed by atoms with Crippen molar-refractivity contribution in [2.24, 2.45) is 0 Å². The molecular weight excluding hydrogens is 481 g/mol. The van der Waals surface area contributed by atoms with E-state index in [2.05, 4.69) is 15.2 Å². The minimum Gasteiger partial charge on any atom is -0.478 e. The molecule has 0 bridgehead atoms. The summed E-state index contributed by atoms with van der Waals surface area (Å²) in [5.41, 5.74) is 1.64. The van der Waals surface area contributed by atoms with Crippen molar-refractivity contribution in [2.75, 3.05) is 32.0 Å². The Labute approximate surface area is 198 Å². The summed E-state index contributed by atoms with van der Waals surface area (Å²) in [6.07, 6.45) is 2.37. The first kappa shape index (κ1) is 24.0. The Balaban J connectivity index is 1.39. The fourth-order valence-electron chi connectivity index (χ4n) is 2.92. The summed E-state index contributed by atoms with van der Waals surface area (Å²) in [6.45, 7) is 3.29. The van der Waals surface area contributed by atoms with Gasteiger partial charge in [-0.15, -0.1) is 11.3 Å². The van der Waals surface area contributed by atoms with Crippen LogP contribution in [0.1, 0.15) is 11.3 Å². The number of hydrogen-bond donors (Lipinski definition) is 2. The largest absolute Gasteiger partial charge is 0.478 e. The highest BCUT2D eigenvalue weighted by atomic mass is 35.5. The fourth-order valence-corrected chi connectivity index (χ4v) is 4.87. The third-order valence-corrected chi connectivity index (χ3v) is 7.14. The molecule has 2 heterocycles. The summed E-state index contributed by atoms with van der Waals surface area (Å²) < 4.78 is 6.49. The molecule has 1 atom stereocenters. The maximum Gasteiger partial charge on any atom is 0.328 e. The molecule has 0 radical (unpaired) electrons. The zero-order valence-corrected chi connectivity index (χ0v) is 19.6. The molecule has 1 aromatic heterocycles. The van der Waals surface area contributed by atoms with E-state index in [9.17, 15) is 9.59 Å². The molecule has 0 unspecified atom stereocenters. The molecule has 7 nitrogen and oxygen atoms in total. The van der Waals surface area contributed by atoms with Crippen molar-refractivity contribution >= 4 is 64.3 Å². The smallest absolute Gasteiger partial charge is 0.328 e. The number of carboxylic acids is 1. The molecule has 0 spiro atoms. The Bertz CT molecular complexity index is 954. The first-order valence-corrected chi connectivity index (χ1v) is 12.0. The van der Waals surface area contributed by atoms with Crippen LogP contribution >= 0.6 is 46.3 Å². The van der Waals surface area contributed by atoms with Crippen LogP contribution in [0, 0.1) is 0 Å². The van der Waals surface area contributed by atoms with Crippen LogP contribution in [0.25, 0.3) is 6.08 Å².